The second kappa shape index (κ2) is 7.00. The normalized spacial score (nSPS) is 10.5. The van der Waals surface area contributed by atoms with Crippen molar-refractivity contribution in [1.29, 1.82) is 0 Å². The molecular formula is C19H17NO4. The summed E-state index contributed by atoms with van der Waals surface area (Å²) >= 11 is 0. The number of para-hydroxylation sites is 1. The van der Waals surface area contributed by atoms with Gasteiger partial charge in [0.1, 0.15) is 5.58 Å². The quantitative estimate of drug-likeness (QED) is 0.676. The molecule has 5 nitrogen and oxygen atoms in total. The molecule has 0 bridgehead atoms. The first-order chi connectivity index (χ1) is 11.6. The average molecular weight is 323 g/mol. The van der Waals surface area contributed by atoms with Gasteiger partial charge in [-0.05, 0) is 17.7 Å². The summed E-state index contributed by atoms with van der Waals surface area (Å²) < 4.78 is 10.5. The third-order valence-electron chi connectivity index (χ3n) is 3.64. The van der Waals surface area contributed by atoms with Gasteiger partial charge in [-0.1, -0.05) is 48.5 Å². The minimum atomic E-state index is -0.646. The van der Waals surface area contributed by atoms with Crippen LogP contribution in [-0.4, -0.2) is 30.4 Å². The van der Waals surface area contributed by atoms with Gasteiger partial charge < -0.3 is 14.1 Å². The molecule has 1 aromatic heterocycles. The van der Waals surface area contributed by atoms with Crippen LogP contribution in [0.2, 0.25) is 0 Å². The SMILES string of the molecule is CN(Cc1ccccc1)C(=O)COC(=O)c1cc2ccccc2o1. The van der Waals surface area contributed by atoms with E-state index in [9.17, 15) is 9.59 Å². The third kappa shape index (κ3) is 3.63. The first kappa shape index (κ1) is 15.8. The van der Waals surface area contributed by atoms with Crippen LogP contribution in [0.1, 0.15) is 16.1 Å². The number of benzene rings is 2. The van der Waals surface area contributed by atoms with Crippen LogP contribution in [0.15, 0.2) is 65.1 Å². The van der Waals surface area contributed by atoms with E-state index < -0.39 is 5.97 Å². The Morgan fingerprint density at radius 2 is 1.75 bits per heavy atom. The first-order valence-electron chi connectivity index (χ1n) is 7.57. The number of rotatable bonds is 5. The van der Waals surface area contributed by atoms with Crippen molar-refractivity contribution in [2.24, 2.45) is 0 Å². The number of esters is 1. The Labute approximate surface area is 139 Å². The van der Waals surface area contributed by atoms with Gasteiger partial charge in [-0.3, -0.25) is 4.79 Å². The summed E-state index contributed by atoms with van der Waals surface area (Å²) in [5, 5.41) is 0.817. The molecule has 2 aromatic carbocycles. The number of amides is 1. The van der Waals surface area contributed by atoms with Gasteiger partial charge in [0.15, 0.2) is 6.61 Å². The minimum absolute atomic E-state index is 0.0923. The standard InChI is InChI=1S/C19H17NO4/c1-20(12-14-7-3-2-4-8-14)18(21)13-23-19(22)17-11-15-9-5-6-10-16(15)24-17/h2-11H,12-13H2,1H3. The molecule has 0 atom stereocenters. The number of likely N-dealkylation sites (N-methyl/N-ethyl adjacent to an activating group) is 1. The second-order valence-electron chi connectivity index (χ2n) is 5.46. The molecule has 0 saturated heterocycles. The molecule has 3 rings (SSSR count). The Kier molecular flexibility index (Phi) is 4.61. The molecule has 0 aliphatic rings. The summed E-state index contributed by atoms with van der Waals surface area (Å²) in [4.78, 5) is 25.6. The highest BCUT2D eigenvalue weighted by Gasteiger charge is 2.17. The van der Waals surface area contributed by atoms with Gasteiger partial charge in [0.25, 0.3) is 5.91 Å². The molecule has 0 aliphatic heterocycles. The van der Waals surface area contributed by atoms with E-state index in [1.54, 1.807) is 19.2 Å². The first-order valence-corrected chi connectivity index (χ1v) is 7.57. The van der Waals surface area contributed by atoms with Crippen molar-refractivity contribution in [2.45, 2.75) is 6.54 Å². The lowest BCUT2D eigenvalue weighted by Gasteiger charge is -2.16. The van der Waals surface area contributed by atoms with E-state index in [-0.39, 0.29) is 18.3 Å². The molecule has 0 saturated carbocycles. The van der Waals surface area contributed by atoms with E-state index in [0.717, 1.165) is 10.9 Å². The summed E-state index contributed by atoms with van der Waals surface area (Å²) in [7, 11) is 1.67. The Morgan fingerprint density at radius 1 is 1.04 bits per heavy atom. The number of nitrogens with zero attached hydrogens (tertiary/aromatic N) is 1. The van der Waals surface area contributed by atoms with Crippen LogP contribution in [0.5, 0.6) is 0 Å². The number of hydrogen-bond donors (Lipinski definition) is 0. The highest BCUT2D eigenvalue weighted by atomic mass is 16.5. The Balaban J connectivity index is 1.56. The Hall–Kier alpha value is -3.08. The maximum absolute atomic E-state index is 12.1. The maximum atomic E-state index is 12.1. The van der Waals surface area contributed by atoms with Crippen LogP contribution < -0.4 is 0 Å². The second-order valence-corrected chi connectivity index (χ2v) is 5.46. The number of carbonyl (C=O) groups excluding carboxylic acids is 2. The highest BCUT2D eigenvalue weighted by molar-refractivity contribution is 5.93. The number of hydrogen-bond acceptors (Lipinski definition) is 4. The molecule has 0 unspecified atom stereocenters. The van der Waals surface area contributed by atoms with E-state index >= 15 is 0 Å². The van der Waals surface area contributed by atoms with Crippen LogP contribution in [-0.2, 0) is 16.1 Å². The molecule has 0 N–H and O–H groups in total. The predicted octanol–water partition coefficient (Wildman–Crippen LogP) is 3.25. The van der Waals surface area contributed by atoms with Gasteiger partial charge in [0, 0.05) is 19.0 Å². The van der Waals surface area contributed by atoms with Gasteiger partial charge in [-0.2, -0.15) is 0 Å². The molecule has 24 heavy (non-hydrogen) atoms. The average Bonchev–Trinajstić information content (AvgIpc) is 3.04. The monoisotopic (exact) mass is 323 g/mol. The van der Waals surface area contributed by atoms with Gasteiger partial charge in [0.2, 0.25) is 5.76 Å². The van der Waals surface area contributed by atoms with Gasteiger partial charge in [-0.25, -0.2) is 4.79 Å². The minimum Gasteiger partial charge on any atom is -0.450 e. The van der Waals surface area contributed by atoms with Gasteiger partial charge >= 0.3 is 5.97 Å². The molecule has 0 spiro atoms. The summed E-state index contributed by atoms with van der Waals surface area (Å²) in [5.74, 6) is -0.828. The lowest BCUT2D eigenvalue weighted by Crippen LogP contribution is -2.30. The summed E-state index contributed by atoms with van der Waals surface area (Å²) in [6, 6.07) is 18.5. The van der Waals surface area contributed by atoms with Crippen LogP contribution in [0.4, 0.5) is 0 Å². The van der Waals surface area contributed by atoms with Crippen LogP contribution in [0.25, 0.3) is 11.0 Å². The van der Waals surface area contributed by atoms with Crippen molar-refractivity contribution in [3.8, 4) is 0 Å². The van der Waals surface area contributed by atoms with Crippen molar-refractivity contribution >= 4 is 22.8 Å². The van der Waals surface area contributed by atoms with E-state index in [1.165, 1.54) is 4.90 Å². The van der Waals surface area contributed by atoms with E-state index in [1.807, 2.05) is 48.5 Å². The molecule has 1 amide bonds. The van der Waals surface area contributed by atoms with Crippen molar-refractivity contribution < 1.29 is 18.7 Å². The number of ether oxygens (including phenoxy) is 1. The zero-order valence-corrected chi connectivity index (χ0v) is 13.3. The topological polar surface area (TPSA) is 59.8 Å². The molecule has 0 aliphatic carbocycles. The van der Waals surface area contributed by atoms with E-state index in [4.69, 9.17) is 9.15 Å². The number of furan rings is 1. The fraction of sp³-hybridized carbons (Fsp3) is 0.158. The van der Waals surface area contributed by atoms with Crippen molar-refractivity contribution in [3.63, 3.8) is 0 Å². The van der Waals surface area contributed by atoms with Crippen molar-refractivity contribution in [1.82, 2.24) is 4.90 Å². The molecule has 122 valence electrons. The van der Waals surface area contributed by atoms with Crippen molar-refractivity contribution in [2.75, 3.05) is 13.7 Å². The predicted molar refractivity (Wildman–Crippen MR) is 89.4 cm³/mol. The smallest absolute Gasteiger partial charge is 0.374 e. The van der Waals surface area contributed by atoms with Gasteiger partial charge in [-0.15, -0.1) is 0 Å². The van der Waals surface area contributed by atoms with E-state index in [0.29, 0.717) is 12.1 Å². The molecular weight excluding hydrogens is 306 g/mol. The molecule has 5 heteroatoms. The van der Waals surface area contributed by atoms with Crippen molar-refractivity contribution in [3.05, 3.63) is 72.0 Å². The maximum Gasteiger partial charge on any atom is 0.374 e. The lowest BCUT2D eigenvalue weighted by molar-refractivity contribution is -0.133. The third-order valence-corrected chi connectivity index (χ3v) is 3.64. The lowest BCUT2D eigenvalue weighted by atomic mass is 10.2. The van der Waals surface area contributed by atoms with Crippen LogP contribution in [0, 0.1) is 0 Å². The summed E-state index contributed by atoms with van der Waals surface area (Å²) in [6.07, 6.45) is 0. The summed E-state index contributed by atoms with van der Waals surface area (Å²) in [6.45, 7) is 0.140. The highest BCUT2D eigenvalue weighted by Crippen LogP contribution is 2.19. The number of carbonyl (C=O) groups is 2. The largest absolute Gasteiger partial charge is 0.450 e. The molecule has 0 radical (unpaired) electrons. The Morgan fingerprint density at radius 3 is 2.50 bits per heavy atom. The number of fused-ring (bicyclic) bond motifs is 1. The van der Waals surface area contributed by atoms with E-state index in [2.05, 4.69) is 0 Å². The molecule has 1 heterocycles. The van der Waals surface area contributed by atoms with Crippen LogP contribution in [0.3, 0.4) is 0 Å². The zero-order chi connectivity index (χ0) is 16.9. The zero-order valence-electron chi connectivity index (χ0n) is 13.3. The fourth-order valence-corrected chi connectivity index (χ4v) is 2.34. The van der Waals surface area contributed by atoms with Gasteiger partial charge in [0.05, 0.1) is 0 Å². The molecule has 0 fully saturated rings. The fourth-order valence-electron chi connectivity index (χ4n) is 2.34. The summed E-state index contributed by atoms with van der Waals surface area (Å²) in [5.41, 5.74) is 1.62. The molecule has 3 aromatic rings. The van der Waals surface area contributed by atoms with Crippen LogP contribution >= 0.6 is 0 Å². The Bertz CT molecular complexity index is 821.